The third-order valence-electron chi connectivity index (χ3n) is 2.88. The van der Waals surface area contributed by atoms with Crippen LogP contribution in [0.3, 0.4) is 0 Å². The number of methoxy groups -OCH3 is 1. The molecule has 21 heavy (non-hydrogen) atoms. The van der Waals surface area contributed by atoms with Crippen LogP contribution in [0.1, 0.15) is 22.8 Å². The first-order valence-corrected chi connectivity index (χ1v) is 6.50. The Labute approximate surface area is 127 Å². The zero-order valence-corrected chi connectivity index (χ0v) is 12.3. The molecule has 0 aliphatic rings. The molecule has 106 valence electrons. The molecule has 0 spiro atoms. The van der Waals surface area contributed by atoms with Crippen LogP contribution < -0.4 is 9.47 Å². The maximum atomic E-state index is 11.4. The van der Waals surface area contributed by atoms with Crippen LogP contribution in [0.2, 0.25) is 5.02 Å². The molecule has 2 aromatic rings. The zero-order chi connectivity index (χ0) is 15.4. The first kappa shape index (κ1) is 14.9. The topological polar surface area (TPSA) is 59.3 Å². The number of carbonyl (C=O) groups excluding carboxylic acids is 1. The maximum absolute atomic E-state index is 11.4. The number of carbonyl (C=O) groups is 1. The summed E-state index contributed by atoms with van der Waals surface area (Å²) in [4.78, 5) is 11.4. The van der Waals surface area contributed by atoms with E-state index in [9.17, 15) is 4.79 Å². The van der Waals surface area contributed by atoms with Gasteiger partial charge in [0.25, 0.3) is 0 Å². The van der Waals surface area contributed by atoms with Crippen molar-refractivity contribution in [2.75, 3.05) is 7.11 Å². The smallest absolute Gasteiger partial charge is 0.169 e. The molecular weight excluding hydrogens is 290 g/mol. The number of benzene rings is 2. The number of hydrogen-bond donors (Lipinski definition) is 0. The van der Waals surface area contributed by atoms with E-state index in [1.54, 1.807) is 36.4 Å². The van der Waals surface area contributed by atoms with Gasteiger partial charge in [0.1, 0.15) is 17.4 Å². The van der Waals surface area contributed by atoms with Crippen molar-refractivity contribution in [1.82, 2.24) is 0 Å². The van der Waals surface area contributed by atoms with E-state index in [4.69, 9.17) is 26.3 Å². The van der Waals surface area contributed by atoms with Crippen molar-refractivity contribution < 1.29 is 14.3 Å². The molecule has 2 aromatic carbocycles. The van der Waals surface area contributed by atoms with Crippen molar-refractivity contribution in [2.45, 2.75) is 6.92 Å². The molecule has 0 aliphatic carbocycles. The largest absolute Gasteiger partial charge is 0.493 e. The third kappa shape index (κ3) is 3.15. The normalized spacial score (nSPS) is 9.81. The van der Waals surface area contributed by atoms with E-state index in [1.165, 1.54) is 14.0 Å². The van der Waals surface area contributed by atoms with E-state index in [-0.39, 0.29) is 11.3 Å². The monoisotopic (exact) mass is 301 g/mol. The Bertz CT molecular complexity index is 735. The van der Waals surface area contributed by atoms with Gasteiger partial charge in [0, 0.05) is 5.56 Å². The molecule has 4 nitrogen and oxygen atoms in total. The summed E-state index contributed by atoms with van der Waals surface area (Å²) in [5.41, 5.74) is 0.766. The Morgan fingerprint density at radius 1 is 1.19 bits per heavy atom. The summed E-state index contributed by atoms with van der Waals surface area (Å²) >= 11 is 5.96. The number of hydrogen-bond acceptors (Lipinski definition) is 4. The molecule has 0 saturated heterocycles. The summed E-state index contributed by atoms with van der Waals surface area (Å²) in [6, 6.07) is 11.8. The predicted molar refractivity (Wildman–Crippen MR) is 79.2 cm³/mol. The summed E-state index contributed by atoms with van der Waals surface area (Å²) in [7, 11) is 1.48. The molecule has 0 unspecified atom stereocenters. The Morgan fingerprint density at radius 3 is 2.57 bits per heavy atom. The average Bonchev–Trinajstić information content (AvgIpc) is 2.47. The van der Waals surface area contributed by atoms with Crippen molar-refractivity contribution in [3.8, 4) is 23.3 Å². The van der Waals surface area contributed by atoms with Gasteiger partial charge >= 0.3 is 0 Å². The molecule has 0 atom stereocenters. The first-order chi connectivity index (χ1) is 10.1. The summed E-state index contributed by atoms with van der Waals surface area (Å²) in [6.07, 6.45) is 0. The molecule has 0 bridgehead atoms. The van der Waals surface area contributed by atoms with E-state index in [0.29, 0.717) is 27.8 Å². The van der Waals surface area contributed by atoms with Crippen LogP contribution in [-0.4, -0.2) is 12.9 Å². The van der Waals surface area contributed by atoms with Crippen LogP contribution in [0.25, 0.3) is 0 Å². The van der Waals surface area contributed by atoms with E-state index in [0.717, 1.165) is 0 Å². The highest BCUT2D eigenvalue weighted by atomic mass is 35.5. The van der Waals surface area contributed by atoms with Gasteiger partial charge in [-0.15, -0.1) is 0 Å². The molecule has 0 aliphatic heterocycles. The number of rotatable bonds is 4. The first-order valence-electron chi connectivity index (χ1n) is 6.12. The van der Waals surface area contributed by atoms with Crippen molar-refractivity contribution in [2.24, 2.45) is 0 Å². The lowest BCUT2D eigenvalue weighted by molar-refractivity contribution is 0.101. The van der Waals surface area contributed by atoms with E-state index >= 15 is 0 Å². The van der Waals surface area contributed by atoms with E-state index in [2.05, 4.69) is 0 Å². The fourth-order valence-electron chi connectivity index (χ4n) is 1.79. The molecular formula is C16H12ClNO3. The van der Waals surface area contributed by atoms with Crippen LogP contribution in [0.15, 0.2) is 36.4 Å². The number of halogens is 1. The Hall–Kier alpha value is -2.51. The molecule has 2 rings (SSSR count). The fourth-order valence-corrected chi connectivity index (χ4v) is 2.00. The second kappa shape index (κ2) is 6.29. The summed E-state index contributed by atoms with van der Waals surface area (Å²) < 4.78 is 10.9. The predicted octanol–water partition coefficient (Wildman–Crippen LogP) is 4.22. The second-order valence-electron chi connectivity index (χ2n) is 4.25. The zero-order valence-electron chi connectivity index (χ0n) is 11.5. The minimum absolute atomic E-state index is 0.0691. The average molecular weight is 302 g/mol. The van der Waals surface area contributed by atoms with Crippen LogP contribution in [0, 0.1) is 11.3 Å². The van der Waals surface area contributed by atoms with Gasteiger partial charge in [-0.2, -0.15) is 5.26 Å². The highest BCUT2D eigenvalue weighted by Crippen LogP contribution is 2.35. The van der Waals surface area contributed by atoms with Gasteiger partial charge in [-0.05, 0) is 37.3 Å². The van der Waals surface area contributed by atoms with Gasteiger partial charge in [-0.25, -0.2) is 0 Å². The minimum Gasteiger partial charge on any atom is -0.493 e. The number of ketones is 1. The van der Waals surface area contributed by atoms with Gasteiger partial charge in [0.05, 0.1) is 12.1 Å². The molecule has 0 heterocycles. The van der Waals surface area contributed by atoms with Gasteiger partial charge in [0.2, 0.25) is 0 Å². The molecule has 0 radical (unpaired) electrons. The third-order valence-corrected chi connectivity index (χ3v) is 3.19. The molecule has 0 amide bonds. The van der Waals surface area contributed by atoms with E-state index < -0.39 is 0 Å². The molecule has 0 aromatic heterocycles. The van der Waals surface area contributed by atoms with Crippen molar-refractivity contribution in [3.63, 3.8) is 0 Å². The lowest BCUT2D eigenvalue weighted by Crippen LogP contribution is -1.97. The number of nitriles is 1. The van der Waals surface area contributed by atoms with Gasteiger partial charge < -0.3 is 9.47 Å². The fraction of sp³-hybridized carbons (Fsp3) is 0.125. The van der Waals surface area contributed by atoms with Crippen molar-refractivity contribution in [3.05, 3.63) is 52.5 Å². The summed E-state index contributed by atoms with van der Waals surface area (Å²) in [5, 5.41) is 9.44. The Kier molecular flexibility index (Phi) is 4.46. The molecule has 5 heteroatoms. The summed E-state index contributed by atoms with van der Waals surface area (Å²) in [6.45, 7) is 1.47. The van der Waals surface area contributed by atoms with E-state index in [1.807, 2.05) is 6.07 Å². The Balaban J connectivity index is 2.43. The van der Waals surface area contributed by atoms with Crippen LogP contribution in [0.4, 0.5) is 0 Å². The lowest BCUT2D eigenvalue weighted by atomic mass is 10.1. The van der Waals surface area contributed by atoms with Crippen molar-refractivity contribution >= 4 is 17.4 Å². The highest BCUT2D eigenvalue weighted by Gasteiger charge is 2.13. The molecule has 0 N–H and O–H groups in total. The lowest BCUT2D eigenvalue weighted by Gasteiger charge is -2.12. The van der Waals surface area contributed by atoms with Gasteiger partial charge in [-0.3, -0.25) is 4.79 Å². The maximum Gasteiger partial charge on any atom is 0.169 e. The Morgan fingerprint density at radius 2 is 1.95 bits per heavy atom. The van der Waals surface area contributed by atoms with Gasteiger partial charge in [0.15, 0.2) is 17.3 Å². The number of Topliss-reactive ketones (excluding diaryl/α,β-unsaturated/α-hetero) is 1. The van der Waals surface area contributed by atoms with Crippen molar-refractivity contribution in [1.29, 1.82) is 5.26 Å². The van der Waals surface area contributed by atoms with Gasteiger partial charge in [-0.1, -0.05) is 17.7 Å². The number of ether oxygens (including phenoxy) is 2. The highest BCUT2D eigenvalue weighted by molar-refractivity contribution is 6.31. The van der Waals surface area contributed by atoms with Crippen LogP contribution >= 0.6 is 11.6 Å². The molecule has 0 fully saturated rings. The second-order valence-corrected chi connectivity index (χ2v) is 4.66. The minimum atomic E-state index is -0.0691. The van der Waals surface area contributed by atoms with Crippen LogP contribution in [-0.2, 0) is 0 Å². The molecule has 0 saturated carbocycles. The number of nitrogens with zero attached hydrogens (tertiary/aromatic N) is 1. The van der Waals surface area contributed by atoms with Crippen LogP contribution in [0.5, 0.6) is 17.2 Å². The summed E-state index contributed by atoms with van der Waals surface area (Å²) in [5.74, 6) is 1.08. The quantitative estimate of drug-likeness (QED) is 0.793. The standard InChI is InChI=1S/C16H12ClNO3/c1-10(19)11-6-7-15(16(8-11)20-2)21-14-5-3-4-13(17)12(14)9-18/h3-8H,1-2H3. The SMILES string of the molecule is COc1cc(C(C)=O)ccc1Oc1cccc(Cl)c1C#N.